The molecule has 0 fully saturated rings. The molecule has 0 radical (unpaired) electrons. The third-order valence-corrected chi connectivity index (χ3v) is 1.05. The fraction of sp³-hybridized carbons (Fsp3) is 0.833. The number of hydrogen-bond donors (Lipinski definition) is 1. The predicted molar refractivity (Wildman–Crippen MR) is 35.6 cm³/mol. The molecule has 0 bridgehead atoms. The number of carbonyl (C=O) groups is 1. The summed E-state index contributed by atoms with van der Waals surface area (Å²) in [6.07, 6.45) is 0. The van der Waals surface area contributed by atoms with Crippen LogP contribution in [0.25, 0.3) is 0 Å². The van der Waals surface area contributed by atoms with Gasteiger partial charge in [-0.2, -0.15) is 0 Å². The van der Waals surface area contributed by atoms with Crippen molar-refractivity contribution in [2.75, 3.05) is 6.54 Å². The van der Waals surface area contributed by atoms with Crippen molar-refractivity contribution in [1.82, 2.24) is 0 Å². The van der Waals surface area contributed by atoms with Crippen molar-refractivity contribution in [3.63, 3.8) is 0 Å². The fourth-order valence-electron chi connectivity index (χ4n) is 0.166. The van der Waals surface area contributed by atoms with Crippen molar-refractivity contribution in [2.45, 2.75) is 21.3 Å². The topological polar surface area (TPSA) is 43.1 Å². The van der Waals surface area contributed by atoms with Crippen molar-refractivity contribution in [1.29, 1.82) is 0 Å². The minimum atomic E-state index is 0. The molecule has 8 heavy (non-hydrogen) atoms. The highest BCUT2D eigenvalue weighted by Gasteiger charge is 2.01. The quantitative estimate of drug-likeness (QED) is 0.581. The molecule has 0 spiro atoms. The number of nitrogens with two attached hydrogens (primary N) is 1. The lowest BCUT2D eigenvalue weighted by Crippen LogP contribution is -2.17. The molecular weight excluding hydrogens is 102 g/mol. The second kappa shape index (κ2) is 4.78. The van der Waals surface area contributed by atoms with E-state index in [1.807, 2.05) is 6.92 Å². The summed E-state index contributed by atoms with van der Waals surface area (Å²) in [6, 6.07) is 0. The van der Waals surface area contributed by atoms with Crippen LogP contribution in [0.15, 0.2) is 0 Å². The number of hydrogen-bond acceptors (Lipinski definition) is 2. The molecule has 0 rings (SSSR count). The van der Waals surface area contributed by atoms with Gasteiger partial charge >= 0.3 is 0 Å². The highest BCUT2D eigenvalue weighted by Crippen LogP contribution is 1.89. The number of Topliss-reactive ketones (excluding diaryl/α,β-unsaturated/α-hetero) is 1. The molecule has 0 amide bonds. The lowest BCUT2D eigenvalue weighted by atomic mass is 10.1. The summed E-state index contributed by atoms with van der Waals surface area (Å²) in [5, 5.41) is 0. The Kier molecular flexibility index (Phi) is 6.32. The summed E-state index contributed by atoms with van der Waals surface area (Å²) in [5.41, 5.74) is 5.15. The zero-order valence-electron chi connectivity index (χ0n) is 4.77. The van der Waals surface area contributed by atoms with Crippen molar-refractivity contribution in [2.24, 2.45) is 11.7 Å². The zero-order valence-corrected chi connectivity index (χ0v) is 4.77. The van der Waals surface area contributed by atoms with Gasteiger partial charge in [0.25, 0.3) is 0 Å². The molecule has 0 saturated heterocycles. The van der Waals surface area contributed by atoms with Crippen LogP contribution in [-0.2, 0) is 4.79 Å². The summed E-state index contributed by atoms with van der Waals surface area (Å²) in [5.74, 6) is 0.211. The van der Waals surface area contributed by atoms with Crippen LogP contribution < -0.4 is 5.73 Å². The van der Waals surface area contributed by atoms with Crippen molar-refractivity contribution in [3.8, 4) is 0 Å². The first-order valence-corrected chi connectivity index (χ1v) is 2.39. The predicted octanol–water partition coefficient (Wildman–Crippen LogP) is 0.806. The van der Waals surface area contributed by atoms with Crippen LogP contribution in [0.1, 0.15) is 21.3 Å². The normalized spacial score (nSPS) is 11.9. The molecule has 0 aromatic heterocycles. The minimum absolute atomic E-state index is 0. The number of ketones is 1. The maximum atomic E-state index is 10.3. The summed E-state index contributed by atoms with van der Waals surface area (Å²) in [4.78, 5) is 10.3. The number of carbonyl (C=O) groups excluding carboxylic acids is 1. The highest BCUT2D eigenvalue weighted by molar-refractivity contribution is 5.77. The van der Waals surface area contributed by atoms with Gasteiger partial charge in [-0.3, -0.25) is 4.79 Å². The van der Waals surface area contributed by atoms with Gasteiger partial charge in [-0.15, -0.1) is 0 Å². The van der Waals surface area contributed by atoms with Gasteiger partial charge in [0.15, 0.2) is 0 Å². The molecule has 0 aromatic rings. The lowest BCUT2D eigenvalue weighted by Gasteiger charge is -1.98. The first-order valence-electron chi connectivity index (χ1n) is 2.39. The molecule has 2 N–H and O–H groups in total. The van der Waals surface area contributed by atoms with Gasteiger partial charge in [0.2, 0.25) is 0 Å². The Bertz CT molecular complexity index is 70.9. The standard InChI is InChI=1S/C5H11NO.CH4/c1-4(3-6)5(2)7;/h4H,3,6H2,1-2H3;1H4. The Morgan fingerprint density at radius 2 is 2.12 bits per heavy atom. The van der Waals surface area contributed by atoms with Crippen LogP contribution in [0.3, 0.4) is 0 Å². The average molecular weight is 117 g/mol. The number of rotatable bonds is 2. The largest absolute Gasteiger partial charge is 0.330 e. The molecule has 1 unspecified atom stereocenters. The van der Waals surface area contributed by atoms with Crippen LogP contribution in [0.5, 0.6) is 0 Å². The van der Waals surface area contributed by atoms with Gasteiger partial charge in [0, 0.05) is 12.5 Å². The van der Waals surface area contributed by atoms with E-state index in [1.54, 1.807) is 6.92 Å². The van der Waals surface area contributed by atoms with E-state index >= 15 is 0 Å². The van der Waals surface area contributed by atoms with E-state index in [0.717, 1.165) is 0 Å². The minimum Gasteiger partial charge on any atom is -0.330 e. The molecule has 1 atom stereocenters. The van der Waals surface area contributed by atoms with Crippen LogP contribution in [0, 0.1) is 5.92 Å². The van der Waals surface area contributed by atoms with E-state index in [4.69, 9.17) is 5.73 Å². The van der Waals surface area contributed by atoms with E-state index in [2.05, 4.69) is 0 Å². The lowest BCUT2D eigenvalue weighted by molar-refractivity contribution is -0.119. The Balaban J connectivity index is 0. The Morgan fingerprint density at radius 1 is 1.75 bits per heavy atom. The van der Waals surface area contributed by atoms with Gasteiger partial charge in [0.1, 0.15) is 5.78 Å². The third kappa shape index (κ3) is 3.81. The van der Waals surface area contributed by atoms with E-state index in [1.165, 1.54) is 0 Å². The highest BCUT2D eigenvalue weighted by atomic mass is 16.1. The second-order valence-corrected chi connectivity index (χ2v) is 1.75. The second-order valence-electron chi connectivity index (χ2n) is 1.75. The molecule has 2 nitrogen and oxygen atoms in total. The molecule has 2 heteroatoms. The summed E-state index contributed by atoms with van der Waals surface area (Å²) >= 11 is 0. The molecule has 0 aliphatic heterocycles. The van der Waals surface area contributed by atoms with Crippen LogP contribution >= 0.6 is 0 Å². The van der Waals surface area contributed by atoms with Gasteiger partial charge in [-0.05, 0) is 6.92 Å². The van der Waals surface area contributed by atoms with Crippen LogP contribution in [0.4, 0.5) is 0 Å². The van der Waals surface area contributed by atoms with Gasteiger partial charge < -0.3 is 5.73 Å². The van der Waals surface area contributed by atoms with Crippen molar-refractivity contribution in [3.05, 3.63) is 0 Å². The molecular formula is C6H15NO. The van der Waals surface area contributed by atoms with Gasteiger partial charge in [-0.25, -0.2) is 0 Å². The maximum Gasteiger partial charge on any atom is 0.133 e. The smallest absolute Gasteiger partial charge is 0.133 e. The summed E-state index contributed by atoms with van der Waals surface area (Å²) in [7, 11) is 0. The summed E-state index contributed by atoms with van der Waals surface area (Å²) in [6.45, 7) is 3.84. The maximum absolute atomic E-state index is 10.3. The van der Waals surface area contributed by atoms with E-state index in [0.29, 0.717) is 6.54 Å². The Hall–Kier alpha value is -0.370. The molecule has 0 heterocycles. The molecule has 50 valence electrons. The van der Waals surface area contributed by atoms with Crippen LogP contribution in [0.2, 0.25) is 0 Å². The average Bonchev–Trinajstić information content (AvgIpc) is 1.65. The van der Waals surface area contributed by atoms with E-state index < -0.39 is 0 Å². The zero-order chi connectivity index (χ0) is 5.86. The molecule has 0 saturated carbocycles. The van der Waals surface area contributed by atoms with Crippen LogP contribution in [-0.4, -0.2) is 12.3 Å². The van der Waals surface area contributed by atoms with E-state index in [-0.39, 0.29) is 19.1 Å². The third-order valence-electron chi connectivity index (χ3n) is 1.05. The molecule has 0 aliphatic carbocycles. The molecule has 0 aliphatic rings. The first-order chi connectivity index (χ1) is 3.18. The Morgan fingerprint density at radius 3 is 2.12 bits per heavy atom. The first kappa shape index (κ1) is 10.6. The van der Waals surface area contributed by atoms with Crippen molar-refractivity contribution >= 4 is 5.78 Å². The fourth-order valence-corrected chi connectivity index (χ4v) is 0.166. The monoisotopic (exact) mass is 117 g/mol. The van der Waals surface area contributed by atoms with Gasteiger partial charge in [0.05, 0.1) is 0 Å². The van der Waals surface area contributed by atoms with Gasteiger partial charge in [-0.1, -0.05) is 14.4 Å². The summed E-state index contributed by atoms with van der Waals surface area (Å²) < 4.78 is 0. The Labute approximate surface area is 51.1 Å². The SMILES string of the molecule is C.CC(=O)C(C)CN. The molecule has 0 aromatic carbocycles. The van der Waals surface area contributed by atoms with Crippen molar-refractivity contribution < 1.29 is 4.79 Å². The van der Waals surface area contributed by atoms with E-state index in [9.17, 15) is 4.79 Å².